The van der Waals surface area contributed by atoms with Crippen molar-refractivity contribution in [1.29, 1.82) is 0 Å². The van der Waals surface area contributed by atoms with Gasteiger partial charge in [0, 0.05) is 17.6 Å². The molecular weight excluding hydrogens is 188 g/mol. The van der Waals surface area contributed by atoms with Crippen LogP contribution in [0.1, 0.15) is 53.9 Å². The molecule has 1 rings (SSSR count). The molecule has 88 valence electrons. The van der Waals surface area contributed by atoms with E-state index in [1.54, 1.807) is 0 Å². The molecule has 1 atom stereocenters. The van der Waals surface area contributed by atoms with Crippen LogP contribution in [0, 0.1) is 0 Å². The van der Waals surface area contributed by atoms with Crippen molar-refractivity contribution in [2.24, 2.45) is 0 Å². The van der Waals surface area contributed by atoms with Gasteiger partial charge in [-0.1, -0.05) is 6.92 Å². The summed E-state index contributed by atoms with van der Waals surface area (Å²) in [7, 11) is 0. The second kappa shape index (κ2) is 4.03. The van der Waals surface area contributed by atoms with E-state index in [1.807, 2.05) is 25.7 Å². The number of nitrogens with one attached hydrogen (secondary N) is 1. The maximum atomic E-state index is 12.1. The molecule has 3 nitrogen and oxygen atoms in total. The van der Waals surface area contributed by atoms with Gasteiger partial charge in [-0.3, -0.25) is 0 Å². The van der Waals surface area contributed by atoms with Crippen LogP contribution < -0.4 is 5.32 Å². The Morgan fingerprint density at radius 1 is 1.47 bits per heavy atom. The van der Waals surface area contributed by atoms with Gasteiger partial charge in [0.2, 0.25) is 0 Å². The Labute approximate surface area is 93.2 Å². The van der Waals surface area contributed by atoms with Crippen molar-refractivity contribution >= 4 is 6.03 Å². The van der Waals surface area contributed by atoms with E-state index in [2.05, 4.69) is 19.2 Å². The second-order valence-electron chi connectivity index (χ2n) is 5.79. The van der Waals surface area contributed by atoms with Crippen molar-refractivity contribution in [2.45, 2.75) is 65.0 Å². The van der Waals surface area contributed by atoms with Crippen molar-refractivity contribution in [3.63, 3.8) is 0 Å². The fourth-order valence-electron chi connectivity index (χ4n) is 2.13. The lowest BCUT2D eigenvalue weighted by Crippen LogP contribution is -2.53. The number of nitrogens with zero attached hydrogens (tertiary/aromatic N) is 1. The van der Waals surface area contributed by atoms with E-state index < -0.39 is 0 Å². The maximum absolute atomic E-state index is 12.1. The molecular formula is C12H24N2O. The summed E-state index contributed by atoms with van der Waals surface area (Å²) in [5, 5.41) is 3.04. The van der Waals surface area contributed by atoms with Gasteiger partial charge in [-0.2, -0.15) is 0 Å². The first-order valence-electron chi connectivity index (χ1n) is 5.88. The van der Waals surface area contributed by atoms with Crippen LogP contribution in [-0.4, -0.2) is 28.6 Å². The minimum Gasteiger partial charge on any atom is -0.333 e. The number of likely N-dealkylation sites (tertiary alicyclic amines) is 1. The fourth-order valence-corrected chi connectivity index (χ4v) is 2.13. The summed E-state index contributed by atoms with van der Waals surface area (Å²) in [4.78, 5) is 14.0. The molecule has 2 amide bonds. The van der Waals surface area contributed by atoms with Crippen LogP contribution >= 0.6 is 0 Å². The number of hydrogen-bond donors (Lipinski definition) is 1. The quantitative estimate of drug-likeness (QED) is 0.712. The van der Waals surface area contributed by atoms with Gasteiger partial charge in [-0.25, -0.2) is 4.79 Å². The molecule has 1 aliphatic heterocycles. The summed E-state index contributed by atoms with van der Waals surface area (Å²) >= 11 is 0. The Balaban J connectivity index is 2.67. The fraction of sp³-hybridized carbons (Fsp3) is 0.917. The van der Waals surface area contributed by atoms with Crippen molar-refractivity contribution in [3.05, 3.63) is 0 Å². The van der Waals surface area contributed by atoms with E-state index >= 15 is 0 Å². The monoisotopic (exact) mass is 212 g/mol. The normalized spacial score (nSPS) is 26.9. The predicted molar refractivity (Wildman–Crippen MR) is 62.9 cm³/mol. The first-order chi connectivity index (χ1) is 6.78. The largest absolute Gasteiger partial charge is 0.333 e. The van der Waals surface area contributed by atoms with Crippen LogP contribution in [0.2, 0.25) is 0 Å². The number of urea groups is 1. The standard InChI is InChI=1S/C12H24N2O/c1-6-12(5)8-7-9-14(12)10(15)13-11(2,3)4/h6-9H2,1-5H3,(H,13,15)/t12-/m1/s1. The Bertz CT molecular complexity index is 244. The van der Waals surface area contributed by atoms with Gasteiger partial charge in [-0.05, 0) is 47.0 Å². The molecule has 1 fully saturated rings. The van der Waals surface area contributed by atoms with Crippen molar-refractivity contribution < 1.29 is 4.79 Å². The predicted octanol–water partition coefficient (Wildman–Crippen LogP) is 2.76. The molecule has 0 aromatic rings. The minimum atomic E-state index is -0.145. The molecule has 1 heterocycles. The van der Waals surface area contributed by atoms with Gasteiger partial charge in [0.1, 0.15) is 0 Å². The maximum Gasteiger partial charge on any atom is 0.318 e. The lowest BCUT2D eigenvalue weighted by Gasteiger charge is -2.36. The van der Waals surface area contributed by atoms with E-state index in [9.17, 15) is 4.79 Å². The van der Waals surface area contributed by atoms with Crippen LogP contribution in [0.3, 0.4) is 0 Å². The topological polar surface area (TPSA) is 32.3 Å². The molecule has 0 saturated carbocycles. The highest BCUT2D eigenvalue weighted by Crippen LogP contribution is 2.31. The van der Waals surface area contributed by atoms with E-state index in [0.717, 1.165) is 25.8 Å². The molecule has 0 aromatic heterocycles. The second-order valence-corrected chi connectivity index (χ2v) is 5.79. The Hall–Kier alpha value is -0.730. The lowest BCUT2D eigenvalue weighted by atomic mass is 9.96. The summed E-state index contributed by atoms with van der Waals surface area (Å²) in [6.07, 6.45) is 3.29. The summed E-state index contributed by atoms with van der Waals surface area (Å²) in [6, 6.07) is 0.0874. The molecule has 15 heavy (non-hydrogen) atoms. The van der Waals surface area contributed by atoms with Crippen LogP contribution in [0.15, 0.2) is 0 Å². The number of carbonyl (C=O) groups excluding carboxylic acids is 1. The Morgan fingerprint density at radius 2 is 2.07 bits per heavy atom. The number of amides is 2. The van der Waals surface area contributed by atoms with Crippen molar-refractivity contribution in [2.75, 3.05) is 6.54 Å². The van der Waals surface area contributed by atoms with E-state index in [0.29, 0.717) is 0 Å². The minimum absolute atomic E-state index is 0.0648. The third-order valence-corrected chi connectivity index (χ3v) is 3.24. The molecule has 1 N–H and O–H groups in total. The number of carbonyl (C=O) groups is 1. The SMILES string of the molecule is CC[C@]1(C)CCCN1C(=O)NC(C)(C)C. The summed E-state index contributed by atoms with van der Waals surface area (Å²) < 4.78 is 0. The number of rotatable bonds is 1. The van der Waals surface area contributed by atoms with E-state index in [1.165, 1.54) is 0 Å². The summed E-state index contributed by atoms with van der Waals surface area (Å²) in [5.41, 5.74) is -0.0797. The average Bonchev–Trinajstić information content (AvgIpc) is 2.45. The van der Waals surface area contributed by atoms with Gasteiger partial charge in [0.15, 0.2) is 0 Å². The van der Waals surface area contributed by atoms with Gasteiger partial charge < -0.3 is 10.2 Å². The first-order valence-corrected chi connectivity index (χ1v) is 5.88. The third-order valence-electron chi connectivity index (χ3n) is 3.24. The van der Waals surface area contributed by atoms with Gasteiger partial charge in [-0.15, -0.1) is 0 Å². The van der Waals surface area contributed by atoms with Crippen molar-refractivity contribution in [3.8, 4) is 0 Å². The molecule has 1 aliphatic rings. The lowest BCUT2D eigenvalue weighted by molar-refractivity contribution is 0.146. The zero-order valence-corrected chi connectivity index (χ0v) is 10.7. The smallest absolute Gasteiger partial charge is 0.318 e. The van der Waals surface area contributed by atoms with Crippen LogP contribution in [-0.2, 0) is 0 Å². The molecule has 0 aliphatic carbocycles. The molecule has 0 radical (unpaired) electrons. The van der Waals surface area contributed by atoms with Gasteiger partial charge >= 0.3 is 6.03 Å². The van der Waals surface area contributed by atoms with Crippen LogP contribution in [0.4, 0.5) is 4.79 Å². The van der Waals surface area contributed by atoms with Crippen molar-refractivity contribution in [1.82, 2.24) is 10.2 Å². The third kappa shape index (κ3) is 2.86. The van der Waals surface area contributed by atoms with E-state index in [4.69, 9.17) is 0 Å². The first kappa shape index (κ1) is 12.3. The Kier molecular flexibility index (Phi) is 3.31. The van der Waals surface area contributed by atoms with Gasteiger partial charge in [0.25, 0.3) is 0 Å². The van der Waals surface area contributed by atoms with Crippen LogP contribution in [0.25, 0.3) is 0 Å². The molecule has 0 unspecified atom stereocenters. The Morgan fingerprint density at radius 3 is 2.53 bits per heavy atom. The zero-order chi connectivity index (χ0) is 11.7. The highest BCUT2D eigenvalue weighted by atomic mass is 16.2. The molecule has 1 saturated heterocycles. The highest BCUT2D eigenvalue weighted by Gasteiger charge is 2.38. The van der Waals surface area contributed by atoms with Gasteiger partial charge in [0.05, 0.1) is 0 Å². The number of hydrogen-bond acceptors (Lipinski definition) is 1. The molecule has 3 heteroatoms. The van der Waals surface area contributed by atoms with Crippen LogP contribution in [0.5, 0.6) is 0 Å². The summed E-state index contributed by atoms with van der Waals surface area (Å²) in [6.45, 7) is 11.3. The highest BCUT2D eigenvalue weighted by molar-refractivity contribution is 5.76. The molecule has 0 spiro atoms. The summed E-state index contributed by atoms with van der Waals surface area (Å²) in [5.74, 6) is 0. The zero-order valence-electron chi connectivity index (χ0n) is 10.7. The average molecular weight is 212 g/mol. The molecule has 0 aromatic carbocycles. The molecule has 0 bridgehead atoms. The van der Waals surface area contributed by atoms with E-state index in [-0.39, 0.29) is 17.1 Å².